The Balaban J connectivity index is 1.85. The zero-order valence-electron chi connectivity index (χ0n) is 14.1. The van der Waals surface area contributed by atoms with Gasteiger partial charge < -0.3 is 5.11 Å². The quantitative estimate of drug-likeness (QED) is 0.393. The second-order valence-corrected chi connectivity index (χ2v) is 5.69. The summed E-state index contributed by atoms with van der Waals surface area (Å²) < 4.78 is 39.3. The van der Waals surface area contributed by atoms with Crippen molar-refractivity contribution in [3.8, 4) is 0 Å². The van der Waals surface area contributed by atoms with Gasteiger partial charge in [-0.25, -0.2) is 0 Å². The van der Waals surface area contributed by atoms with Gasteiger partial charge in [0.25, 0.3) is 0 Å². The molecule has 6 heteroatoms. The molecular weight excluding hydrogens is 353 g/mol. The lowest BCUT2D eigenvalue weighted by molar-refractivity contribution is -0.683. The maximum absolute atomic E-state index is 12.6. The van der Waals surface area contributed by atoms with E-state index in [9.17, 15) is 18.3 Å². The number of hydrogen-bond donors (Lipinski definition) is 0. The number of rotatable bonds is 4. The first-order chi connectivity index (χ1) is 12.9. The topological polar surface area (TPSA) is 39.3 Å². The van der Waals surface area contributed by atoms with Gasteiger partial charge in [0.05, 0.1) is 11.5 Å². The molecule has 0 fully saturated rings. The predicted molar refractivity (Wildman–Crippen MR) is 95.4 cm³/mol. The largest absolute Gasteiger partial charge is 0.854 e. The van der Waals surface area contributed by atoms with Crippen LogP contribution in [0.2, 0.25) is 0 Å². The van der Waals surface area contributed by atoms with E-state index in [4.69, 9.17) is 0 Å². The van der Waals surface area contributed by atoms with Crippen LogP contribution >= 0.6 is 0 Å². The molecule has 0 aliphatic rings. The third-order valence-corrected chi connectivity index (χ3v) is 3.77. The highest BCUT2D eigenvalue weighted by atomic mass is 19.4. The second kappa shape index (κ2) is 7.86. The minimum Gasteiger partial charge on any atom is -0.854 e. The van der Waals surface area contributed by atoms with Gasteiger partial charge in [0.15, 0.2) is 0 Å². The van der Waals surface area contributed by atoms with Gasteiger partial charge in [0, 0.05) is 18.2 Å². The number of alkyl halides is 3. The lowest BCUT2D eigenvalue weighted by Gasteiger charge is -2.06. The van der Waals surface area contributed by atoms with Crippen molar-refractivity contribution in [2.24, 2.45) is 5.10 Å². The monoisotopic (exact) mass is 368 g/mol. The van der Waals surface area contributed by atoms with Crippen LogP contribution in [-0.4, -0.2) is 5.90 Å². The lowest BCUT2D eigenvalue weighted by Crippen LogP contribution is -2.36. The third kappa shape index (κ3) is 4.82. The van der Waals surface area contributed by atoms with Gasteiger partial charge in [0.1, 0.15) is 0 Å². The van der Waals surface area contributed by atoms with Crippen LogP contribution in [0.25, 0.3) is 12.2 Å². The maximum Gasteiger partial charge on any atom is 0.416 e. The summed E-state index contributed by atoms with van der Waals surface area (Å²) in [5.41, 5.74) is 0.985. The minimum absolute atomic E-state index is 0.393. The van der Waals surface area contributed by atoms with Gasteiger partial charge in [-0.15, -0.1) is 0 Å². The fraction of sp³-hybridized carbons (Fsp3) is 0.0476. The van der Waals surface area contributed by atoms with Crippen LogP contribution in [0.4, 0.5) is 13.2 Å². The number of nitrogens with zero attached hydrogens (tertiary/aromatic N) is 2. The van der Waals surface area contributed by atoms with Gasteiger partial charge in [-0.2, -0.15) is 13.2 Å². The molecular formula is C21H15F3N2O. The van der Waals surface area contributed by atoms with Gasteiger partial charge in [-0.1, -0.05) is 47.1 Å². The first-order valence-electron chi connectivity index (χ1n) is 8.11. The summed E-state index contributed by atoms with van der Waals surface area (Å²) >= 11 is 0. The lowest BCUT2D eigenvalue weighted by atomic mass is 10.1. The molecule has 0 unspecified atom stereocenters. The van der Waals surface area contributed by atoms with E-state index in [0.29, 0.717) is 16.8 Å². The van der Waals surface area contributed by atoms with Crippen molar-refractivity contribution in [2.45, 2.75) is 6.18 Å². The third-order valence-electron chi connectivity index (χ3n) is 3.77. The van der Waals surface area contributed by atoms with Crippen LogP contribution in [-0.2, 0) is 6.18 Å². The predicted octanol–water partition coefficient (Wildman–Crippen LogP) is 3.73. The van der Waals surface area contributed by atoms with Crippen molar-refractivity contribution in [1.29, 1.82) is 0 Å². The molecule has 0 saturated carbocycles. The van der Waals surface area contributed by atoms with Crippen molar-refractivity contribution < 1.29 is 23.0 Å². The highest BCUT2D eigenvalue weighted by Crippen LogP contribution is 2.29. The normalized spacial score (nSPS) is 12.5. The van der Waals surface area contributed by atoms with Crippen LogP contribution in [0.5, 0.6) is 0 Å². The fourth-order valence-electron chi connectivity index (χ4n) is 2.37. The van der Waals surface area contributed by atoms with Gasteiger partial charge >= 0.3 is 6.18 Å². The van der Waals surface area contributed by atoms with Crippen LogP contribution in [0, 0.1) is 0 Å². The van der Waals surface area contributed by atoms with Crippen molar-refractivity contribution in [2.75, 3.05) is 0 Å². The molecule has 0 aliphatic carbocycles. The molecule has 0 N–H and O–H groups in total. The summed E-state index contributed by atoms with van der Waals surface area (Å²) in [5, 5.41) is 16.3. The highest BCUT2D eigenvalue weighted by Gasteiger charge is 2.29. The molecule has 0 spiro atoms. The summed E-state index contributed by atoms with van der Waals surface area (Å²) in [4.78, 5) is 0. The average molecular weight is 368 g/mol. The molecule has 0 bridgehead atoms. The van der Waals surface area contributed by atoms with E-state index in [1.807, 2.05) is 6.07 Å². The average Bonchev–Trinajstić information content (AvgIpc) is 2.67. The Labute approximate surface area is 154 Å². The Hall–Kier alpha value is -3.41. The molecule has 0 aliphatic heterocycles. The molecule has 27 heavy (non-hydrogen) atoms. The highest BCUT2D eigenvalue weighted by molar-refractivity contribution is 5.89. The molecule has 3 nitrogen and oxygen atoms in total. The SMILES string of the molecule is [O-]/C(=N\[n+]1ccccc1/C=C/c1ccc(C(F)(F)F)cc1)c1ccccc1. The molecule has 3 aromatic rings. The van der Waals surface area contributed by atoms with E-state index in [-0.39, 0.29) is 0 Å². The van der Waals surface area contributed by atoms with E-state index in [2.05, 4.69) is 5.10 Å². The summed E-state index contributed by atoms with van der Waals surface area (Å²) in [7, 11) is 0. The zero-order valence-corrected chi connectivity index (χ0v) is 14.1. The Morgan fingerprint density at radius 3 is 2.19 bits per heavy atom. The maximum atomic E-state index is 12.6. The number of aromatic nitrogens is 1. The van der Waals surface area contributed by atoms with Gasteiger partial charge in [-0.3, -0.25) is 0 Å². The molecule has 0 atom stereocenters. The van der Waals surface area contributed by atoms with Gasteiger partial charge in [0.2, 0.25) is 11.9 Å². The Morgan fingerprint density at radius 2 is 1.52 bits per heavy atom. The number of benzene rings is 2. The van der Waals surface area contributed by atoms with Crippen LogP contribution in [0.3, 0.4) is 0 Å². The molecule has 1 heterocycles. The zero-order chi connectivity index (χ0) is 19.3. The second-order valence-electron chi connectivity index (χ2n) is 5.69. The molecule has 3 rings (SSSR count). The first kappa shape index (κ1) is 18.4. The summed E-state index contributed by atoms with van der Waals surface area (Å²) in [6.45, 7) is 0. The molecule has 2 aromatic carbocycles. The smallest absolute Gasteiger partial charge is 0.416 e. The number of pyridine rings is 1. The molecule has 0 amide bonds. The summed E-state index contributed by atoms with van der Waals surface area (Å²) in [6.07, 6.45) is 0.619. The van der Waals surface area contributed by atoms with Gasteiger partial charge in [-0.05, 0) is 40.5 Å². The fourth-order valence-corrected chi connectivity index (χ4v) is 2.37. The summed E-state index contributed by atoms with van der Waals surface area (Å²) in [5.74, 6) is -0.393. The van der Waals surface area contributed by atoms with Crippen molar-refractivity contribution in [3.05, 3.63) is 101 Å². The number of hydrogen-bond acceptors (Lipinski definition) is 2. The molecule has 1 aromatic heterocycles. The van der Waals surface area contributed by atoms with Crippen LogP contribution in [0.1, 0.15) is 22.4 Å². The van der Waals surface area contributed by atoms with E-state index >= 15 is 0 Å². The first-order valence-corrected chi connectivity index (χ1v) is 8.11. The van der Waals surface area contributed by atoms with E-state index in [1.165, 1.54) is 16.8 Å². The standard InChI is InChI=1S/C21H15F3N2O/c22-21(23,24)18-12-9-16(10-13-18)11-14-19-8-4-5-15-26(19)25-20(27)17-6-2-1-3-7-17/h1-15H/b14-11+. The Morgan fingerprint density at radius 1 is 0.852 bits per heavy atom. The molecule has 136 valence electrons. The van der Waals surface area contributed by atoms with Crippen molar-refractivity contribution in [3.63, 3.8) is 0 Å². The Bertz CT molecular complexity index is 963. The summed E-state index contributed by atoms with van der Waals surface area (Å²) in [6, 6.07) is 18.8. The Kier molecular flexibility index (Phi) is 5.35. The van der Waals surface area contributed by atoms with E-state index < -0.39 is 17.6 Å². The minimum atomic E-state index is -4.36. The van der Waals surface area contributed by atoms with Crippen LogP contribution in [0.15, 0.2) is 84.1 Å². The molecule has 0 saturated heterocycles. The van der Waals surface area contributed by atoms with Crippen molar-refractivity contribution >= 4 is 18.0 Å². The van der Waals surface area contributed by atoms with E-state index in [0.717, 1.165) is 12.1 Å². The number of halogens is 3. The van der Waals surface area contributed by atoms with Crippen LogP contribution < -0.4 is 9.78 Å². The molecule has 0 radical (unpaired) electrons. The van der Waals surface area contributed by atoms with E-state index in [1.54, 1.807) is 60.8 Å². The van der Waals surface area contributed by atoms with Crippen molar-refractivity contribution in [1.82, 2.24) is 0 Å².